The second-order valence-electron chi connectivity index (χ2n) is 2.58. The standard InChI is InChI=1S/C8H10BFO/c1-2-5-3-6(9)7(10)4-8(5)11/h3-4,11H,2,9H2,1H3. The SMILES string of the molecule is Bc1cc(CC)c(O)cc1F. The maximum absolute atomic E-state index is 12.7. The van der Waals surface area contributed by atoms with Crippen LogP contribution in [0.3, 0.4) is 0 Å². The molecule has 0 spiro atoms. The number of hydrogen-bond donors (Lipinski definition) is 1. The quantitative estimate of drug-likeness (QED) is 0.575. The molecule has 1 rings (SSSR count). The highest BCUT2D eigenvalue weighted by Crippen LogP contribution is 2.16. The van der Waals surface area contributed by atoms with E-state index >= 15 is 0 Å². The normalized spacial score (nSPS) is 10.0. The molecule has 0 aliphatic rings. The van der Waals surface area contributed by atoms with Gasteiger partial charge in [-0.25, -0.2) is 4.39 Å². The molecule has 3 heteroatoms. The zero-order valence-corrected chi connectivity index (χ0v) is 6.69. The Hall–Kier alpha value is -0.985. The van der Waals surface area contributed by atoms with E-state index in [1.54, 1.807) is 13.9 Å². The maximum Gasteiger partial charge on any atom is 0.143 e. The second kappa shape index (κ2) is 2.95. The highest BCUT2D eigenvalue weighted by molar-refractivity contribution is 6.32. The number of aromatic hydroxyl groups is 1. The fraction of sp³-hybridized carbons (Fsp3) is 0.250. The molecule has 0 amide bonds. The van der Waals surface area contributed by atoms with Crippen molar-refractivity contribution >= 4 is 13.3 Å². The Morgan fingerprint density at radius 2 is 2.18 bits per heavy atom. The van der Waals surface area contributed by atoms with Crippen molar-refractivity contribution in [2.75, 3.05) is 0 Å². The van der Waals surface area contributed by atoms with Gasteiger partial charge in [-0.1, -0.05) is 18.5 Å². The number of benzene rings is 1. The van der Waals surface area contributed by atoms with Gasteiger partial charge in [-0.05, 0) is 12.0 Å². The Morgan fingerprint density at radius 3 is 2.73 bits per heavy atom. The van der Waals surface area contributed by atoms with Crippen molar-refractivity contribution in [1.29, 1.82) is 0 Å². The third-order valence-electron chi connectivity index (χ3n) is 1.74. The van der Waals surface area contributed by atoms with Crippen LogP contribution in [0.1, 0.15) is 12.5 Å². The molecular formula is C8H10BFO. The van der Waals surface area contributed by atoms with E-state index in [1.807, 2.05) is 6.92 Å². The van der Waals surface area contributed by atoms with Crippen molar-refractivity contribution in [3.8, 4) is 5.75 Å². The van der Waals surface area contributed by atoms with E-state index in [2.05, 4.69) is 0 Å². The highest BCUT2D eigenvalue weighted by atomic mass is 19.1. The smallest absolute Gasteiger partial charge is 0.143 e. The molecule has 0 fully saturated rings. The number of hydrogen-bond acceptors (Lipinski definition) is 1. The minimum Gasteiger partial charge on any atom is -0.508 e. The Balaban J connectivity index is 3.21. The van der Waals surface area contributed by atoms with Crippen molar-refractivity contribution in [3.63, 3.8) is 0 Å². The zero-order valence-electron chi connectivity index (χ0n) is 6.69. The Morgan fingerprint density at radius 1 is 1.55 bits per heavy atom. The summed E-state index contributed by atoms with van der Waals surface area (Å²) in [4.78, 5) is 0. The molecule has 0 heterocycles. The molecule has 11 heavy (non-hydrogen) atoms. The summed E-state index contributed by atoms with van der Waals surface area (Å²) in [5, 5.41) is 9.18. The van der Waals surface area contributed by atoms with Crippen molar-refractivity contribution < 1.29 is 9.50 Å². The van der Waals surface area contributed by atoms with Gasteiger partial charge in [0.1, 0.15) is 19.4 Å². The van der Waals surface area contributed by atoms with E-state index in [0.29, 0.717) is 5.46 Å². The van der Waals surface area contributed by atoms with E-state index in [-0.39, 0.29) is 11.6 Å². The van der Waals surface area contributed by atoms with Gasteiger partial charge in [-0.2, -0.15) is 0 Å². The fourth-order valence-electron chi connectivity index (χ4n) is 1.01. The zero-order chi connectivity index (χ0) is 8.43. The summed E-state index contributed by atoms with van der Waals surface area (Å²) in [5.41, 5.74) is 1.38. The third-order valence-corrected chi connectivity index (χ3v) is 1.74. The lowest BCUT2D eigenvalue weighted by Gasteiger charge is -2.03. The molecule has 0 atom stereocenters. The molecular weight excluding hydrogens is 142 g/mol. The summed E-state index contributed by atoms with van der Waals surface area (Å²) in [6.07, 6.45) is 0.729. The van der Waals surface area contributed by atoms with Crippen LogP contribution in [-0.2, 0) is 6.42 Å². The molecule has 58 valence electrons. The van der Waals surface area contributed by atoms with Gasteiger partial charge in [-0.3, -0.25) is 0 Å². The number of aryl methyl sites for hydroxylation is 1. The van der Waals surface area contributed by atoms with Crippen LogP contribution >= 0.6 is 0 Å². The van der Waals surface area contributed by atoms with Crippen LogP contribution in [0, 0.1) is 5.82 Å². The molecule has 0 saturated heterocycles. The molecule has 0 aliphatic heterocycles. The second-order valence-corrected chi connectivity index (χ2v) is 2.58. The molecule has 0 bridgehead atoms. The molecule has 1 aromatic carbocycles. The van der Waals surface area contributed by atoms with Gasteiger partial charge in [0.05, 0.1) is 0 Å². The lowest BCUT2D eigenvalue weighted by molar-refractivity contribution is 0.463. The number of phenolic OH excluding ortho intramolecular Hbond substituents is 1. The Labute approximate surface area is 66.3 Å². The fourth-order valence-corrected chi connectivity index (χ4v) is 1.01. The van der Waals surface area contributed by atoms with Crippen LogP contribution in [0.2, 0.25) is 0 Å². The monoisotopic (exact) mass is 152 g/mol. The average molecular weight is 152 g/mol. The van der Waals surface area contributed by atoms with Gasteiger partial charge in [-0.15, -0.1) is 0 Å². The van der Waals surface area contributed by atoms with Gasteiger partial charge in [0.15, 0.2) is 0 Å². The molecule has 0 aliphatic carbocycles. The van der Waals surface area contributed by atoms with E-state index in [0.717, 1.165) is 18.1 Å². The van der Waals surface area contributed by atoms with Gasteiger partial charge in [0, 0.05) is 6.07 Å². The first kappa shape index (κ1) is 8.11. The summed E-state index contributed by atoms with van der Waals surface area (Å²) in [6.45, 7) is 1.92. The van der Waals surface area contributed by atoms with Crippen LogP contribution in [0.5, 0.6) is 5.75 Å². The Kier molecular flexibility index (Phi) is 2.18. The first-order chi connectivity index (χ1) is 5.15. The molecule has 1 aromatic rings. The predicted molar refractivity (Wildman–Crippen MR) is 45.6 cm³/mol. The van der Waals surface area contributed by atoms with E-state index < -0.39 is 0 Å². The van der Waals surface area contributed by atoms with Crippen LogP contribution < -0.4 is 5.46 Å². The number of halogens is 1. The van der Waals surface area contributed by atoms with Crippen LogP contribution in [-0.4, -0.2) is 13.0 Å². The van der Waals surface area contributed by atoms with Crippen molar-refractivity contribution in [3.05, 3.63) is 23.5 Å². The summed E-state index contributed by atoms with van der Waals surface area (Å²) < 4.78 is 12.7. The van der Waals surface area contributed by atoms with Gasteiger partial charge in [0.25, 0.3) is 0 Å². The Bertz CT molecular complexity index is 273. The lowest BCUT2D eigenvalue weighted by atomic mass is 9.92. The minimum absolute atomic E-state index is 0.0515. The third kappa shape index (κ3) is 1.53. The van der Waals surface area contributed by atoms with Crippen LogP contribution in [0.15, 0.2) is 12.1 Å². The van der Waals surface area contributed by atoms with Crippen molar-refractivity contribution in [2.24, 2.45) is 0 Å². The largest absolute Gasteiger partial charge is 0.508 e. The van der Waals surface area contributed by atoms with Crippen molar-refractivity contribution in [2.45, 2.75) is 13.3 Å². The summed E-state index contributed by atoms with van der Waals surface area (Å²) in [7, 11) is 1.69. The number of rotatable bonds is 1. The topological polar surface area (TPSA) is 20.2 Å². The molecule has 0 radical (unpaired) electrons. The summed E-state index contributed by atoms with van der Waals surface area (Å²) in [5.74, 6) is -0.296. The molecule has 1 N–H and O–H groups in total. The lowest BCUT2D eigenvalue weighted by Crippen LogP contribution is -2.08. The predicted octanol–water partition coefficient (Wildman–Crippen LogP) is 0.352. The number of phenols is 1. The van der Waals surface area contributed by atoms with Gasteiger partial charge in [0.2, 0.25) is 0 Å². The molecule has 1 nitrogen and oxygen atoms in total. The van der Waals surface area contributed by atoms with E-state index in [1.165, 1.54) is 0 Å². The first-order valence-corrected chi connectivity index (χ1v) is 3.63. The average Bonchev–Trinajstić information content (AvgIpc) is 1.97. The van der Waals surface area contributed by atoms with Crippen molar-refractivity contribution in [1.82, 2.24) is 0 Å². The molecule has 0 unspecified atom stereocenters. The van der Waals surface area contributed by atoms with Gasteiger partial charge < -0.3 is 5.11 Å². The van der Waals surface area contributed by atoms with Crippen LogP contribution in [0.25, 0.3) is 0 Å². The highest BCUT2D eigenvalue weighted by Gasteiger charge is 2.03. The first-order valence-electron chi connectivity index (χ1n) is 3.63. The van der Waals surface area contributed by atoms with E-state index in [4.69, 9.17) is 0 Å². The molecule has 0 aromatic heterocycles. The minimum atomic E-state index is -0.347. The summed E-state index contributed by atoms with van der Waals surface area (Å²) in [6, 6.07) is 2.83. The van der Waals surface area contributed by atoms with E-state index in [9.17, 15) is 9.50 Å². The summed E-state index contributed by atoms with van der Waals surface area (Å²) >= 11 is 0. The maximum atomic E-state index is 12.7. The molecule has 0 saturated carbocycles. The van der Waals surface area contributed by atoms with Gasteiger partial charge >= 0.3 is 0 Å². The van der Waals surface area contributed by atoms with Crippen LogP contribution in [0.4, 0.5) is 4.39 Å².